The van der Waals surface area contributed by atoms with Gasteiger partial charge >= 0.3 is 0 Å². The van der Waals surface area contributed by atoms with Crippen LogP contribution in [0, 0.1) is 0 Å². The lowest BCUT2D eigenvalue weighted by Crippen LogP contribution is -2.40. The second-order valence-electron chi connectivity index (χ2n) is 3.29. The molecule has 0 aromatic heterocycles. The molecule has 0 heterocycles. The fraction of sp³-hybridized carbons (Fsp3) is 1.00. The minimum absolute atomic E-state index is 0.160. The van der Waals surface area contributed by atoms with Gasteiger partial charge in [0.15, 0.2) is 0 Å². The summed E-state index contributed by atoms with van der Waals surface area (Å²) < 4.78 is 36.8. The standard InChI is InChI=1S/C8H21N3O4S/c1-14-6-5-11-16(12,13)10-4-3-8(9)7-15-2/h8,10-11H,3-7,9H2,1-2H3. The summed E-state index contributed by atoms with van der Waals surface area (Å²) in [7, 11) is -0.383. The maximum atomic E-state index is 11.3. The van der Waals surface area contributed by atoms with E-state index in [4.69, 9.17) is 15.2 Å². The monoisotopic (exact) mass is 255 g/mol. The zero-order valence-corrected chi connectivity index (χ0v) is 10.5. The molecule has 0 aromatic rings. The van der Waals surface area contributed by atoms with Crippen molar-refractivity contribution in [1.29, 1.82) is 0 Å². The average Bonchev–Trinajstić information content (AvgIpc) is 2.18. The summed E-state index contributed by atoms with van der Waals surface area (Å²) in [6, 6.07) is -0.160. The quantitative estimate of drug-likeness (QED) is 0.409. The van der Waals surface area contributed by atoms with Crippen LogP contribution in [-0.4, -0.2) is 55.0 Å². The molecule has 0 aliphatic rings. The van der Waals surface area contributed by atoms with Crippen molar-refractivity contribution >= 4 is 10.2 Å². The lowest BCUT2D eigenvalue weighted by molar-refractivity contribution is 0.177. The van der Waals surface area contributed by atoms with Gasteiger partial charge in [-0.2, -0.15) is 13.1 Å². The molecule has 0 bridgehead atoms. The summed E-state index contributed by atoms with van der Waals surface area (Å²) in [4.78, 5) is 0. The Kier molecular flexibility index (Phi) is 8.71. The molecule has 4 N–H and O–H groups in total. The van der Waals surface area contributed by atoms with Gasteiger partial charge in [-0.05, 0) is 6.42 Å². The molecule has 0 spiro atoms. The zero-order chi connectivity index (χ0) is 12.4. The number of rotatable bonds is 10. The van der Waals surface area contributed by atoms with E-state index in [1.807, 2.05) is 0 Å². The van der Waals surface area contributed by atoms with Crippen molar-refractivity contribution in [3.63, 3.8) is 0 Å². The Hall–Kier alpha value is -0.250. The van der Waals surface area contributed by atoms with Crippen LogP contribution in [0.1, 0.15) is 6.42 Å². The van der Waals surface area contributed by atoms with Crippen LogP contribution in [0.4, 0.5) is 0 Å². The van der Waals surface area contributed by atoms with E-state index < -0.39 is 10.2 Å². The fourth-order valence-corrected chi connectivity index (χ4v) is 1.85. The lowest BCUT2D eigenvalue weighted by atomic mass is 10.2. The van der Waals surface area contributed by atoms with Crippen LogP contribution >= 0.6 is 0 Å². The lowest BCUT2D eigenvalue weighted by Gasteiger charge is -2.11. The third-order valence-corrected chi connectivity index (χ3v) is 2.95. The van der Waals surface area contributed by atoms with Crippen LogP contribution in [0.25, 0.3) is 0 Å². The number of ether oxygens (including phenoxy) is 2. The second kappa shape index (κ2) is 8.85. The van der Waals surface area contributed by atoms with Gasteiger partial charge in [-0.15, -0.1) is 0 Å². The zero-order valence-electron chi connectivity index (χ0n) is 9.73. The van der Waals surface area contributed by atoms with E-state index in [2.05, 4.69) is 9.44 Å². The highest BCUT2D eigenvalue weighted by molar-refractivity contribution is 7.87. The Morgan fingerprint density at radius 1 is 1.19 bits per heavy atom. The molecule has 1 atom stereocenters. The van der Waals surface area contributed by atoms with E-state index in [1.54, 1.807) is 7.11 Å². The average molecular weight is 255 g/mol. The summed E-state index contributed by atoms with van der Waals surface area (Å²) >= 11 is 0. The van der Waals surface area contributed by atoms with Crippen LogP contribution in [-0.2, 0) is 19.7 Å². The summed E-state index contributed by atoms with van der Waals surface area (Å²) in [5.41, 5.74) is 5.63. The molecule has 7 nitrogen and oxygen atoms in total. The third kappa shape index (κ3) is 9.01. The maximum Gasteiger partial charge on any atom is 0.276 e. The van der Waals surface area contributed by atoms with Crippen molar-refractivity contribution in [2.45, 2.75) is 12.5 Å². The predicted octanol–water partition coefficient (Wildman–Crippen LogP) is -1.58. The normalized spacial score (nSPS) is 13.9. The fourth-order valence-electron chi connectivity index (χ4n) is 1.01. The van der Waals surface area contributed by atoms with Crippen LogP contribution < -0.4 is 15.2 Å². The first-order valence-electron chi connectivity index (χ1n) is 4.99. The molecule has 0 aromatic carbocycles. The van der Waals surface area contributed by atoms with Crippen LogP contribution in [0.5, 0.6) is 0 Å². The van der Waals surface area contributed by atoms with E-state index in [9.17, 15) is 8.42 Å². The first-order chi connectivity index (χ1) is 7.52. The summed E-state index contributed by atoms with van der Waals surface area (Å²) in [6.07, 6.45) is 0.527. The highest BCUT2D eigenvalue weighted by Crippen LogP contribution is 1.88. The van der Waals surface area contributed by atoms with Gasteiger partial charge in [-0.3, -0.25) is 0 Å². The van der Waals surface area contributed by atoms with Gasteiger partial charge in [0.05, 0.1) is 13.2 Å². The smallest absolute Gasteiger partial charge is 0.276 e. The van der Waals surface area contributed by atoms with Crippen molar-refractivity contribution in [2.75, 3.05) is 40.5 Å². The molecule has 0 radical (unpaired) electrons. The highest BCUT2D eigenvalue weighted by atomic mass is 32.2. The van der Waals surface area contributed by atoms with E-state index in [0.29, 0.717) is 19.6 Å². The number of hydrogen-bond acceptors (Lipinski definition) is 5. The first-order valence-corrected chi connectivity index (χ1v) is 6.48. The molecule has 16 heavy (non-hydrogen) atoms. The number of methoxy groups -OCH3 is 2. The summed E-state index contributed by atoms with van der Waals surface area (Å²) in [5, 5.41) is 0. The van der Waals surface area contributed by atoms with Gasteiger partial charge in [0.1, 0.15) is 0 Å². The largest absolute Gasteiger partial charge is 0.383 e. The molecule has 98 valence electrons. The van der Waals surface area contributed by atoms with Crippen molar-refractivity contribution in [3.8, 4) is 0 Å². The topological polar surface area (TPSA) is 103 Å². The molecule has 0 rings (SSSR count). The molecule has 0 fully saturated rings. The third-order valence-electron chi connectivity index (χ3n) is 1.79. The maximum absolute atomic E-state index is 11.3. The van der Waals surface area contributed by atoms with Gasteiger partial charge in [0.2, 0.25) is 0 Å². The van der Waals surface area contributed by atoms with Crippen molar-refractivity contribution in [1.82, 2.24) is 9.44 Å². The molecule has 0 saturated carbocycles. The molecular weight excluding hydrogens is 234 g/mol. The van der Waals surface area contributed by atoms with E-state index in [1.165, 1.54) is 7.11 Å². The van der Waals surface area contributed by atoms with Gasteiger partial charge in [0, 0.05) is 33.4 Å². The van der Waals surface area contributed by atoms with Gasteiger partial charge in [-0.1, -0.05) is 0 Å². The number of nitrogens with one attached hydrogen (secondary N) is 2. The van der Waals surface area contributed by atoms with Crippen LogP contribution in [0.3, 0.4) is 0 Å². The Morgan fingerprint density at radius 3 is 2.38 bits per heavy atom. The van der Waals surface area contributed by atoms with Gasteiger partial charge < -0.3 is 15.2 Å². The van der Waals surface area contributed by atoms with E-state index in [0.717, 1.165) is 0 Å². The minimum Gasteiger partial charge on any atom is -0.383 e. The minimum atomic E-state index is -3.44. The molecule has 0 saturated heterocycles. The van der Waals surface area contributed by atoms with Crippen LogP contribution in [0.15, 0.2) is 0 Å². The molecular formula is C8H21N3O4S. The van der Waals surface area contributed by atoms with Gasteiger partial charge in [0.25, 0.3) is 10.2 Å². The van der Waals surface area contributed by atoms with E-state index in [-0.39, 0.29) is 19.1 Å². The van der Waals surface area contributed by atoms with Crippen molar-refractivity contribution in [2.24, 2.45) is 5.73 Å². The molecule has 0 amide bonds. The Balaban J connectivity index is 3.65. The van der Waals surface area contributed by atoms with Crippen LogP contribution in [0.2, 0.25) is 0 Å². The number of nitrogens with two attached hydrogens (primary N) is 1. The molecule has 0 aliphatic heterocycles. The Bertz CT molecular complexity index is 258. The summed E-state index contributed by atoms with van der Waals surface area (Å²) in [5.74, 6) is 0. The molecule has 8 heteroatoms. The van der Waals surface area contributed by atoms with Gasteiger partial charge in [-0.25, -0.2) is 4.72 Å². The first kappa shape index (κ1) is 15.8. The van der Waals surface area contributed by atoms with E-state index >= 15 is 0 Å². The number of hydrogen-bond donors (Lipinski definition) is 3. The second-order valence-corrected chi connectivity index (χ2v) is 4.87. The highest BCUT2D eigenvalue weighted by Gasteiger charge is 2.09. The van der Waals surface area contributed by atoms with Crippen molar-refractivity contribution in [3.05, 3.63) is 0 Å². The Labute approximate surface area is 96.9 Å². The SMILES string of the molecule is COCCNS(=O)(=O)NCCC(N)COC. The summed E-state index contributed by atoms with van der Waals surface area (Å²) in [6.45, 7) is 1.28. The molecule has 0 aliphatic carbocycles. The van der Waals surface area contributed by atoms with Crippen molar-refractivity contribution < 1.29 is 17.9 Å². The molecule has 1 unspecified atom stereocenters. The predicted molar refractivity (Wildman–Crippen MR) is 61.3 cm³/mol. The Morgan fingerprint density at radius 2 is 1.81 bits per heavy atom.